The normalized spacial score (nSPS) is 12.2. The van der Waals surface area contributed by atoms with Gasteiger partial charge in [-0.2, -0.15) is 0 Å². The number of hydrogen-bond acceptors (Lipinski definition) is 3. The zero-order valence-electron chi connectivity index (χ0n) is 12.1. The molecule has 0 spiro atoms. The summed E-state index contributed by atoms with van der Waals surface area (Å²) in [7, 11) is 0. The van der Waals surface area contributed by atoms with Crippen molar-refractivity contribution in [3.8, 4) is 5.75 Å². The number of hydrogen-bond donors (Lipinski definition) is 4. The number of amides is 2. The monoisotopic (exact) mass is 280 g/mol. The molecule has 1 aromatic carbocycles. The molecule has 0 fully saturated rings. The first kappa shape index (κ1) is 16.3. The zero-order valence-corrected chi connectivity index (χ0v) is 12.1. The first-order valence-corrected chi connectivity index (χ1v) is 6.95. The summed E-state index contributed by atoms with van der Waals surface area (Å²) in [6, 6.07) is 6.66. The van der Waals surface area contributed by atoms with E-state index in [9.17, 15) is 15.0 Å². The van der Waals surface area contributed by atoms with Gasteiger partial charge in [0, 0.05) is 13.1 Å². The number of rotatable bonds is 7. The number of benzene rings is 1. The lowest BCUT2D eigenvalue weighted by molar-refractivity contribution is 0.147. The van der Waals surface area contributed by atoms with Gasteiger partial charge >= 0.3 is 6.03 Å². The van der Waals surface area contributed by atoms with Crippen molar-refractivity contribution in [2.75, 3.05) is 13.1 Å². The Kier molecular flexibility index (Phi) is 6.87. The summed E-state index contributed by atoms with van der Waals surface area (Å²) in [5.74, 6) is 0.629. The van der Waals surface area contributed by atoms with Crippen LogP contribution in [0, 0.1) is 5.92 Å². The summed E-state index contributed by atoms with van der Waals surface area (Å²) >= 11 is 0. The van der Waals surface area contributed by atoms with Gasteiger partial charge in [-0.25, -0.2) is 4.79 Å². The van der Waals surface area contributed by atoms with Crippen LogP contribution < -0.4 is 10.6 Å². The lowest BCUT2D eigenvalue weighted by Gasteiger charge is -2.14. The Bertz CT molecular complexity index is 421. The van der Waals surface area contributed by atoms with E-state index in [2.05, 4.69) is 10.6 Å². The molecule has 0 saturated carbocycles. The molecule has 0 saturated heterocycles. The molecule has 0 aliphatic rings. The van der Waals surface area contributed by atoms with Gasteiger partial charge in [0.05, 0.1) is 6.10 Å². The van der Waals surface area contributed by atoms with Gasteiger partial charge in [0.25, 0.3) is 0 Å². The van der Waals surface area contributed by atoms with Gasteiger partial charge < -0.3 is 20.8 Å². The quantitative estimate of drug-likeness (QED) is 0.613. The first-order valence-electron chi connectivity index (χ1n) is 6.95. The summed E-state index contributed by atoms with van der Waals surface area (Å²) in [5.41, 5.74) is 0.963. The van der Waals surface area contributed by atoms with Crippen molar-refractivity contribution < 1.29 is 15.0 Å². The number of aliphatic hydroxyl groups excluding tert-OH is 1. The smallest absolute Gasteiger partial charge is 0.314 e. The van der Waals surface area contributed by atoms with Crippen molar-refractivity contribution in [2.24, 2.45) is 5.92 Å². The number of aromatic hydroxyl groups is 1. The van der Waals surface area contributed by atoms with Crippen molar-refractivity contribution in [3.63, 3.8) is 0 Å². The fourth-order valence-electron chi connectivity index (χ4n) is 1.93. The molecular formula is C15H24N2O3. The van der Waals surface area contributed by atoms with Crippen molar-refractivity contribution in [2.45, 2.75) is 32.8 Å². The fraction of sp³-hybridized carbons (Fsp3) is 0.533. The minimum atomic E-state index is -0.508. The second kappa shape index (κ2) is 8.43. The van der Waals surface area contributed by atoms with E-state index in [0.717, 1.165) is 5.56 Å². The summed E-state index contributed by atoms with van der Waals surface area (Å²) in [5, 5.41) is 24.3. The molecule has 1 rings (SSSR count). The van der Waals surface area contributed by atoms with Crippen LogP contribution in [0.2, 0.25) is 0 Å². The Morgan fingerprint density at radius 1 is 1.30 bits per heavy atom. The summed E-state index contributed by atoms with van der Waals surface area (Å²) in [6.07, 6.45) is 0.812. The molecule has 0 aliphatic heterocycles. The standard InChI is InChI=1S/C15H24N2O3/c1-11(2)8-14(19)10-17-15(20)16-7-6-12-4-3-5-13(18)9-12/h3-5,9,11,14,18-19H,6-8,10H2,1-2H3,(H2,16,17,20). The lowest BCUT2D eigenvalue weighted by atomic mass is 10.1. The highest BCUT2D eigenvalue weighted by Gasteiger charge is 2.08. The maximum atomic E-state index is 11.5. The summed E-state index contributed by atoms with van der Waals surface area (Å²) in [4.78, 5) is 11.5. The number of phenolic OH excluding ortho intramolecular Hbond substituents is 1. The van der Waals surface area contributed by atoms with Gasteiger partial charge in [-0.15, -0.1) is 0 Å². The number of aliphatic hydroxyl groups is 1. The van der Waals surface area contributed by atoms with E-state index in [1.807, 2.05) is 19.9 Å². The lowest BCUT2D eigenvalue weighted by Crippen LogP contribution is -2.40. The fourth-order valence-corrected chi connectivity index (χ4v) is 1.93. The highest BCUT2D eigenvalue weighted by atomic mass is 16.3. The Hall–Kier alpha value is -1.75. The van der Waals surface area contributed by atoms with Crippen molar-refractivity contribution in [1.82, 2.24) is 10.6 Å². The molecule has 4 N–H and O–H groups in total. The number of phenols is 1. The van der Waals surface area contributed by atoms with E-state index >= 15 is 0 Å². The Balaban J connectivity index is 2.17. The highest BCUT2D eigenvalue weighted by molar-refractivity contribution is 5.73. The van der Waals surface area contributed by atoms with Gasteiger partial charge in [-0.3, -0.25) is 0 Å². The van der Waals surface area contributed by atoms with Crippen molar-refractivity contribution >= 4 is 6.03 Å². The van der Waals surface area contributed by atoms with Gasteiger partial charge in [-0.05, 0) is 36.5 Å². The van der Waals surface area contributed by atoms with Crippen LogP contribution in [0.4, 0.5) is 4.79 Å². The molecule has 0 heterocycles. The van der Waals surface area contributed by atoms with Crippen LogP contribution in [0.1, 0.15) is 25.8 Å². The summed E-state index contributed by atoms with van der Waals surface area (Å²) < 4.78 is 0. The molecule has 0 bridgehead atoms. The average molecular weight is 280 g/mol. The Morgan fingerprint density at radius 3 is 2.70 bits per heavy atom. The first-order chi connectivity index (χ1) is 9.47. The van der Waals surface area contributed by atoms with Crippen LogP contribution in [0.5, 0.6) is 5.75 Å². The third-order valence-electron chi connectivity index (χ3n) is 2.85. The highest BCUT2D eigenvalue weighted by Crippen LogP contribution is 2.10. The number of carbonyl (C=O) groups is 1. The molecule has 5 nitrogen and oxygen atoms in total. The van der Waals surface area contributed by atoms with E-state index < -0.39 is 6.10 Å². The molecule has 5 heteroatoms. The van der Waals surface area contributed by atoms with E-state index in [1.165, 1.54) is 0 Å². The molecule has 20 heavy (non-hydrogen) atoms. The van der Waals surface area contributed by atoms with E-state index in [0.29, 0.717) is 25.3 Å². The number of urea groups is 1. The largest absolute Gasteiger partial charge is 0.508 e. The molecule has 0 aliphatic carbocycles. The molecule has 1 atom stereocenters. The molecule has 1 aromatic rings. The van der Waals surface area contributed by atoms with Gasteiger partial charge in [0.1, 0.15) is 5.75 Å². The number of nitrogens with one attached hydrogen (secondary N) is 2. The van der Waals surface area contributed by atoms with Gasteiger partial charge in [0.15, 0.2) is 0 Å². The molecule has 1 unspecified atom stereocenters. The summed E-state index contributed by atoms with van der Waals surface area (Å²) in [6.45, 7) is 4.79. The third-order valence-corrected chi connectivity index (χ3v) is 2.85. The van der Waals surface area contributed by atoms with Crippen LogP contribution in [-0.4, -0.2) is 35.4 Å². The van der Waals surface area contributed by atoms with Crippen LogP contribution in [0.25, 0.3) is 0 Å². The van der Waals surface area contributed by atoms with Gasteiger partial charge in [-0.1, -0.05) is 26.0 Å². The maximum Gasteiger partial charge on any atom is 0.314 e. The second-order valence-corrected chi connectivity index (χ2v) is 5.34. The van der Waals surface area contributed by atoms with Gasteiger partial charge in [0.2, 0.25) is 0 Å². The molecule has 0 aromatic heterocycles. The van der Waals surface area contributed by atoms with Crippen molar-refractivity contribution in [1.29, 1.82) is 0 Å². The molecule has 2 amide bonds. The SMILES string of the molecule is CC(C)CC(O)CNC(=O)NCCc1cccc(O)c1. The molecule has 112 valence electrons. The minimum absolute atomic E-state index is 0.226. The van der Waals surface area contributed by atoms with Crippen LogP contribution in [0.15, 0.2) is 24.3 Å². The average Bonchev–Trinajstić information content (AvgIpc) is 2.36. The van der Waals surface area contributed by atoms with E-state index in [4.69, 9.17) is 0 Å². The second-order valence-electron chi connectivity index (χ2n) is 5.34. The van der Waals surface area contributed by atoms with Crippen LogP contribution >= 0.6 is 0 Å². The maximum absolute atomic E-state index is 11.5. The Labute approximate surface area is 120 Å². The minimum Gasteiger partial charge on any atom is -0.508 e. The van der Waals surface area contributed by atoms with Crippen LogP contribution in [0.3, 0.4) is 0 Å². The topological polar surface area (TPSA) is 81.6 Å². The van der Waals surface area contributed by atoms with E-state index in [1.54, 1.807) is 18.2 Å². The van der Waals surface area contributed by atoms with Crippen molar-refractivity contribution in [3.05, 3.63) is 29.8 Å². The third kappa shape index (κ3) is 6.99. The molecular weight excluding hydrogens is 256 g/mol. The Morgan fingerprint density at radius 2 is 2.05 bits per heavy atom. The molecule has 0 radical (unpaired) electrons. The zero-order chi connectivity index (χ0) is 15.0. The number of carbonyl (C=O) groups excluding carboxylic acids is 1. The van der Waals surface area contributed by atoms with Crippen LogP contribution in [-0.2, 0) is 6.42 Å². The van der Waals surface area contributed by atoms with E-state index in [-0.39, 0.29) is 18.3 Å². The predicted molar refractivity (Wildman–Crippen MR) is 78.7 cm³/mol. The predicted octanol–water partition coefficient (Wildman–Crippen LogP) is 1.64.